The van der Waals surface area contributed by atoms with E-state index < -0.39 is 0 Å². The van der Waals surface area contributed by atoms with Crippen LogP contribution < -0.4 is 10.6 Å². The Labute approximate surface area is 250 Å². The summed E-state index contributed by atoms with van der Waals surface area (Å²) in [4.78, 5) is 22.1. The Morgan fingerprint density at radius 3 is 2.53 bits per heavy atom. The highest BCUT2D eigenvalue weighted by Crippen LogP contribution is 2.60. The molecule has 3 unspecified atom stereocenters. The van der Waals surface area contributed by atoms with Crippen LogP contribution >= 0.6 is 0 Å². The largest absolute Gasteiger partial charge is 0.378 e. The molecule has 1 aliphatic heterocycles. The van der Waals surface area contributed by atoms with Crippen molar-refractivity contribution in [3.05, 3.63) is 96.1 Å². The van der Waals surface area contributed by atoms with Gasteiger partial charge in [-0.25, -0.2) is 4.98 Å². The first kappa shape index (κ1) is 25.9. The molecule has 6 aromatic rings. The summed E-state index contributed by atoms with van der Waals surface area (Å²) in [6, 6.07) is 23.0. The quantitative estimate of drug-likeness (QED) is 0.189. The second-order valence-corrected chi connectivity index (χ2v) is 12.1. The lowest BCUT2D eigenvalue weighted by Crippen LogP contribution is -2.27. The molecule has 2 aliphatic rings. The van der Waals surface area contributed by atoms with Gasteiger partial charge >= 0.3 is 0 Å². The van der Waals surface area contributed by atoms with Crippen molar-refractivity contribution in [2.75, 3.05) is 17.2 Å². The fourth-order valence-electron chi connectivity index (χ4n) is 6.71. The number of imidazole rings is 1. The third-order valence-corrected chi connectivity index (χ3v) is 8.93. The van der Waals surface area contributed by atoms with E-state index >= 15 is 0 Å². The second-order valence-electron chi connectivity index (χ2n) is 12.1. The predicted octanol–water partition coefficient (Wildman–Crippen LogP) is 7.74. The summed E-state index contributed by atoms with van der Waals surface area (Å²) in [5, 5.41) is 8.20. The molecule has 8 rings (SSSR count). The number of ether oxygens (including phenoxy) is 1. The summed E-state index contributed by atoms with van der Waals surface area (Å²) >= 11 is 0. The van der Waals surface area contributed by atoms with Crippen LogP contribution in [0.3, 0.4) is 0 Å². The van der Waals surface area contributed by atoms with Crippen LogP contribution in [-0.2, 0) is 10.2 Å². The van der Waals surface area contributed by atoms with Gasteiger partial charge in [-0.05, 0) is 106 Å². The van der Waals surface area contributed by atoms with E-state index in [1.807, 2.05) is 50.4 Å². The minimum Gasteiger partial charge on any atom is -0.378 e. The van der Waals surface area contributed by atoms with Gasteiger partial charge < -0.3 is 20.4 Å². The summed E-state index contributed by atoms with van der Waals surface area (Å²) in [6.45, 7) is 7.08. The molecule has 1 saturated carbocycles. The zero-order valence-electron chi connectivity index (χ0n) is 24.5. The summed E-state index contributed by atoms with van der Waals surface area (Å²) in [7, 11) is 0. The van der Waals surface area contributed by atoms with Crippen molar-refractivity contribution in [1.29, 1.82) is 0 Å². The van der Waals surface area contributed by atoms with Crippen molar-refractivity contribution < 1.29 is 4.74 Å². The van der Waals surface area contributed by atoms with E-state index in [0.717, 1.165) is 80.6 Å². The summed E-state index contributed by atoms with van der Waals surface area (Å²) in [5.74, 6) is 1.36. The molecule has 0 amide bonds. The van der Waals surface area contributed by atoms with E-state index in [-0.39, 0.29) is 5.41 Å². The van der Waals surface area contributed by atoms with E-state index in [9.17, 15) is 0 Å². The van der Waals surface area contributed by atoms with Crippen LogP contribution in [0.2, 0.25) is 0 Å². The number of pyridine rings is 3. The standard InChI is InChI=1S/C35H33N7O/c1-20-12-26(10-11-36-20)39-25-5-8-30-33(15-25)42-34(41-30)31-9-6-27(18-37-31)40-32-13-21(2)38-29-7-4-23(14-28(29)32)35-16-22(3)43-19-24(35)17-35/h4-15,18,22,24H,16-17,19H2,1-3H3,(H,36,39)(H,38,40)(H,41,42). The van der Waals surface area contributed by atoms with E-state index in [1.165, 1.54) is 12.0 Å². The zero-order valence-corrected chi connectivity index (χ0v) is 24.5. The number of nitrogens with one attached hydrogen (secondary N) is 3. The van der Waals surface area contributed by atoms with E-state index in [4.69, 9.17) is 19.7 Å². The van der Waals surface area contributed by atoms with Crippen LogP contribution in [0.25, 0.3) is 33.5 Å². The molecule has 1 saturated heterocycles. The van der Waals surface area contributed by atoms with Crippen molar-refractivity contribution in [2.24, 2.45) is 5.92 Å². The minimum absolute atomic E-state index is 0.249. The number of hydrogen-bond acceptors (Lipinski definition) is 7. The van der Waals surface area contributed by atoms with Crippen molar-refractivity contribution in [3.63, 3.8) is 0 Å². The predicted molar refractivity (Wildman–Crippen MR) is 171 cm³/mol. The van der Waals surface area contributed by atoms with Gasteiger partial charge in [-0.2, -0.15) is 0 Å². The highest BCUT2D eigenvalue weighted by Gasteiger charge is 2.58. The number of aromatic amines is 1. The molecule has 214 valence electrons. The number of anilines is 4. The Morgan fingerprint density at radius 2 is 1.67 bits per heavy atom. The lowest BCUT2D eigenvalue weighted by molar-refractivity contribution is 0.0146. The molecule has 0 bridgehead atoms. The Morgan fingerprint density at radius 1 is 0.814 bits per heavy atom. The maximum Gasteiger partial charge on any atom is 0.157 e. The van der Waals surface area contributed by atoms with Gasteiger partial charge in [-0.1, -0.05) is 6.07 Å². The van der Waals surface area contributed by atoms with Crippen molar-refractivity contribution in [3.8, 4) is 11.5 Å². The van der Waals surface area contributed by atoms with Crippen molar-refractivity contribution in [2.45, 2.75) is 45.1 Å². The van der Waals surface area contributed by atoms with Gasteiger partial charge in [-0.15, -0.1) is 0 Å². The molecule has 8 nitrogen and oxygen atoms in total. The molecule has 3 N–H and O–H groups in total. The second kappa shape index (κ2) is 9.88. The van der Waals surface area contributed by atoms with Crippen LogP contribution in [0.4, 0.5) is 22.7 Å². The molecule has 0 radical (unpaired) electrons. The third-order valence-electron chi connectivity index (χ3n) is 8.93. The van der Waals surface area contributed by atoms with Gasteiger partial charge in [0, 0.05) is 45.4 Å². The Balaban J connectivity index is 1.05. The number of aromatic nitrogens is 5. The first-order valence-corrected chi connectivity index (χ1v) is 14.9. The number of hydrogen-bond donors (Lipinski definition) is 3. The SMILES string of the molecule is Cc1cc(Nc2ccc3nc(-c4ccc(Nc5cc(C)nc6ccc(C78CC(C)OCC7C8)cc56)cn4)[nH]c3c2)ccn1. The number of aryl methyl sites for hydroxylation is 2. The smallest absolute Gasteiger partial charge is 0.157 e. The molecule has 4 aromatic heterocycles. The number of benzene rings is 2. The first-order valence-electron chi connectivity index (χ1n) is 14.9. The molecular formula is C35H33N7O. The van der Waals surface area contributed by atoms with Gasteiger partial charge in [0.2, 0.25) is 0 Å². The van der Waals surface area contributed by atoms with E-state index in [1.54, 1.807) is 6.20 Å². The van der Waals surface area contributed by atoms with E-state index in [0.29, 0.717) is 12.0 Å². The average Bonchev–Trinajstić information content (AvgIpc) is 3.58. The summed E-state index contributed by atoms with van der Waals surface area (Å²) in [5.41, 5.74) is 11.2. The molecule has 2 aromatic carbocycles. The topological polar surface area (TPSA) is 101 Å². The Hall–Kier alpha value is -4.82. The molecule has 8 heteroatoms. The minimum atomic E-state index is 0.249. The van der Waals surface area contributed by atoms with Crippen LogP contribution in [0.5, 0.6) is 0 Å². The Bertz CT molecular complexity index is 2000. The van der Waals surface area contributed by atoms with Crippen LogP contribution in [0.15, 0.2) is 79.1 Å². The number of rotatable bonds is 6. The van der Waals surface area contributed by atoms with Gasteiger partial charge in [-0.3, -0.25) is 15.0 Å². The molecule has 0 spiro atoms. The average molecular weight is 568 g/mol. The van der Waals surface area contributed by atoms with Crippen molar-refractivity contribution >= 4 is 44.7 Å². The fourth-order valence-corrected chi connectivity index (χ4v) is 6.71. The lowest BCUT2D eigenvalue weighted by Gasteiger charge is -2.28. The normalized spacial score (nSPS) is 21.1. The molecule has 43 heavy (non-hydrogen) atoms. The molecular weight excluding hydrogens is 534 g/mol. The van der Waals surface area contributed by atoms with Gasteiger partial charge in [0.1, 0.15) is 5.69 Å². The van der Waals surface area contributed by atoms with Gasteiger partial charge in [0.05, 0.1) is 41.1 Å². The maximum absolute atomic E-state index is 5.93. The zero-order chi connectivity index (χ0) is 29.1. The van der Waals surface area contributed by atoms with E-state index in [2.05, 4.69) is 63.9 Å². The fraction of sp³-hybridized carbons (Fsp3) is 0.257. The van der Waals surface area contributed by atoms with Crippen LogP contribution in [0, 0.1) is 19.8 Å². The lowest BCUT2D eigenvalue weighted by atomic mass is 9.85. The van der Waals surface area contributed by atoms with Crippen LogP contribution in [-0.4, -0.2) is 37.6 Å². The molecule has 2 fully saturated rings. The number of fused-ring (bicyclic) bond motifs is 3. The van der Waals surface area contributed by atoms with Gasteiger partial charge in [0.15, 0.2) is 5.82 Å². The van der Waals surface area contributed by atoms with Crippen molar-refractivity contribution in [1.82, 2.24) is 24.9 Å². The number of nitrogens with zero attached hydrogens (tertiary/aromatic N) is 4. The first-order chi connectivity index (χ1) is 20.9. The number of H-pyrrole nitrogens is 1. The third kappa shape index (κ3) is 4.77. The maximum atomic E-state index is 5.93. The van der Waals surface area contributed by atoms with Gasteiger partial charge in [0.25, 0.3) is 0 Å². The Kier molecular flexibility index (Phi) is 5.94. The van der Waals surface area contributed by atoms with Crippen LogP contribution in [0.1, 0.15) is 36.7 Å². The summed E-state index contributed by atoms with van der Waals surface area (Å²) < 4.78 is 5.93. The molecule has 3 atom stereocenters. The summed E-state index contributed by atoms with van der Waals surface area (Å²) in [6.07, 6.45) is 6.26. The highest BCUT2D eigenvalue weighted by atomic mass is 16.5. The molecule has 1 aliphatic carbocycles. The monoisotopic (exact) mass is 567 g/mol. The molecule has 5 heterocycles. The highest BCUT2D eigenvalue weighted by molar-refractivity contribution is 5.94.